The molecule has 0 aliphatic heterocycles. The van der Waals surface area contributed by atoms with Gasteiger partial charge in [0, 0.05) is 6.04 Å². The minimum absolute atomic E-state index is 0.631. The van der Waals surface area contributed by atoms with Gasteiger partial charge in [0.2, 0.25) is 0 Å². The predicted molar refractivity (Wildman–Crippen MR) is 89.1 cm³/mol. The molecule has 0 radical (unpaired) electrons. The van der Waals surface area contributed by atoms with E-state index in [9.17, 15) is 0 Å². The largest absolute Gasteiger partial charge is 0.492 e. The Morgan fingerprint density at radius 3 is 2.71 bits per heavy atom. The lowest BCUT2D eigenvalue weighted by Crippen LogP contribution is -2.34. The van der Waals surface area contributed by atoms with Gasteiger partial charge in [0.15, 0.2) is 0 Å². The molecule has 3 atom stereocenters. The molecular weight excluding hydrogens is 258 g/mol. The lowest BCUT2D eigenvalue weighted by molar-refractivity contribution is 0.162. The van der Waals surface area contributed by atoms with Gasteiger partial charge in [-0.3, -0.25) is 0 Å². The average molecular weight is 287 g/mol. The van der Waals surface area contributed by atoms with Crippen molar-refractivity contribution in [3.05, 3.63) is 23.8 Å². The Bertz CT molecular complexity index is 471. The standard InChI is InChI=1S/C19H29NO/c1-3-21-19-12-14(2)8-11-18(19)20-17-10-9-15-6-4-5-7-16(15)13-17/h8,11-12,15-17,20H,3-7,9-10,13H2,1-2H3. The van der Waals surface area contributed by atoms with Crippen LogP contribution in [-0.2, 0) is 0 Å². The number of ether oxygens (including phenoxy) is 1. The lowest BCUT2D eigenvalue weighted by atomic mass is 9.69. The van der Waals surface area contributed by atoms with E-state index in [2.05, 4.69) is 37.4 Å². The molecular formula is C19H29NO. The minimum Gasteiger partial charge on any atom is -0.492 e. The zero-order valence-electron chi connectivity index (χ0n) is 13.5. The number of nitrogens with one attached hydrogen (secondary N) is 1. The number of anilines is 1. The summed E-state index contributed by atoms with van der Waals surface area (Å²) in [5.74, 6) is 3.00. The van der Waals surface area contributed by atoms with Crippen LogP contribution in [0.1, 0.15) is 57.4 Å². The molecule has 2 aliphatic carbocycles. The van der Waals surface area contributed by atoms with Gasteiger partial charge in [0.05, 0.1) is 12.3 Å². The molecule has 0 heterocycles. The fraction of sp³-hybridized carbons (Fsp3) is 0.684. The van der Waals surface area contributed by atoms with E-state index in [1.165, 1.54) is 56.2 Å². The van der Waals surface area contributed by atoms with Crippen molar-refractivity contribution in [2.75, 3.05) is 11.9 Å². The molecule has 2 saturated carbocycles. The van der Waals surface area contributed by atoms with E-state index in [1.807, 2.05) is 0 Å². The zero-order chi connectivity index (χ0) is 14.7. The first-order chi connectivity index (χ1) is 10.3. The first-order valence-corrected chi connectivity index (χ1v) is 8.76. The summed E-state index contributed by atoms with van der Waals surface area (Å²) in [7, 11) is 0. The summed E-state index contributed by atoms with van der Waals surface area (Å²) in [6.45, 7) is 4.91. The second-order valence-corrected chi connectivity index (χ2v) is 6.89. The van der Waals surface area contributed by atoms with Gasteiger partial charge in [0.1, 0.15) is 5.75 Å². The summed E-state index contributed by atoms with van der Waals surface area (Å²) in [4.78, 5) is 0. The molecule has 21 heavy (non-hydrogen) atoms. The highest BCUT2D eigenvalue weighted by Gasteiger charge is 2.32. The van der Waals surface area contributed by atoms with Crippen LogP contribution in [0.5, 0.6) is 5.75 Å². The van der Waals surface area contributed by atoms with E-state index in [1.54, 1.807) is 0 Å². The molecule has 2 fully saturated rings. The summed E-state index contributed by atoms with van der Waals surface area (Å²) in [6, 6.07) is 7.15. The monoisotopic (exact) mass is 287 g/mol. The van der Waals surface area contributed by atoms with E-state index in [0.29, 0.717) is 6.04 Å². The van der Waals surface area contributed by atoms with Gasteiger partial charge in [0.25, 0.3) is 0 Å². The maximum absolute atomic E-state index is 5.80. The quantitative estimate of drug-likeness (QED) is 0.825. The number of fused-ring (bicyclic) bond motifs is 1. The molecule has 1 N–H and O–H groups in total. The van der Waals surface area contributed by atoms with E-state index in [0.717, 1.165) is 24.2 Å². The SMILES string of the molecule is CCOc1cc(C)ccc1NC1CCC2CCCCC2C1. The Morgan fingerprint density at radius 2 is 1.90 bits per heavy atom. The second kappa shape index (κ2) is 6.72. The molecule has 2 heteroatoms. The van der Waals surface area contributed by atoms with Crippen LogP contribution in [0.15, 0.2) is 18.2 Å². The molecule has 1 aromatic rings. The van der Waals surface area contributed by atoms with Gasteiger partial charge in [-0.1, -0.05) is 31.7 Å². The van der Waals surface area contributed by atoms with Gasteiger partial charge >= 0.3 is 0 Å². The number of hydrogen-bond acceptors (Lipinski definition) is 2. The molecule has 0 amide bonds. The number of hydrogen-bond donors (Lipinski definition) is 1. The van der Waals surface area contributed by atoms with Crippen LogP contribution >= 0.6 is 0 Å². The van der Waals surface area contributed by atoms with Crippen LogP contribution in [0.25, 0.3) is 0 Å². The van der Waals surface area contributed by atoms with Gasteiger partial charge < -0.3 is 10.1 Å². The number of aryl methyl sites for hydroxylation is 1. The Labute approximate surface area is 129 Å². The van der Waals surface area contributed by atoms with Crippen LogP contribution in [0.4, 0.5) is 5.69 Å². The van der Waals surface area contributed by atoms with Crippen LogP contribution in [0, 0.1) is 18.8 Å². The maximum Gasteiger partial charge on any atom is 0.142 e. The van der Waals surface area contributed by atoms with Crippen molar-refractivity contribution in [2.24, 2.45) is 11.8 Å². The smallest absolute Gasteiger partial charge is 0.142 e. The third-order valence-corrected chi connectivity index (χ3v) is 5.34. The van der Waals surface area contributed by atoms with Gasteiger partial charge in [-0.05, 0) is 62.6 Å². The molecule has 0 bridgehead atoms. The van der Waals surface area contributed by atoms with Crippen molar-refractivity contribution in [3.8, 4) is 5.75 Å². The molecule has 2 aliphatic rings. The molecule has 0 aromatic heterocycles. The third-order valence-electron chi connectivity index (χ3n) is 5.34. The molecule has 2 nitrogen and oxygen atoms in total. The number of rotatable bonds is 4. The molecule has 1 aromatic carbocycles. The molecule has 0 saturated heterocycles. The normalized spacial score (nSPS) is 28.8. The summed E-state index contributed by atoms with van der Waals surface area (Å²) in [5, 5.41) is 3.77. The van der Waals surface area contributed by atoms with Crippen molar-refractivity contribution in [3.63, 3.8) is 0 Å². The molecule has 3 rings (SSSR count). The van der Waals surface area contributed by atoms with E-state index >= 15 is 0 Å². The Hall–Kier alpha value is -1.18. The Kier molecular flexibility index (Phi) is 4.72. The molecule has 3 unspecified atom stereocenters. The second-order valence-electron chi connectivity index (χ2n) is 6.89. The van der Waals surface area contributed by atoms with Crippen molar-refractivity contribution in [1.82, 2.24) is 0 Å². The molecule has 0 spiro atoms. The highest BCUT2D eigenvalue weighted by molar-refractivity contribution is 5.58. The van der Waals surface area contributed by atoms with Crippen molar-refractivity contribution >= 4 is 5.69 Å². The Balaban J connectivity index is 1.66. The van der Waals surface area contributed by atoms with E-state index < -0.39 is 0 Å². The minimum atomic E-state index is 0.631. The predicted octanol–water partition coefficient (Wildman–Crippen LogP) is 5.16. The van der Waals surface area contributed by atoms with Crippen LogP contribution in [-0.4, -0.2) is 12.6 Å². The average Bonchev–Trinajstić information content (AvgIpc) is 2.50. The van der Waals surface area contributed by atoms with Crippen LogP contribution < -0.4 is 10.1 Å². The van der Waals surface area contributed by atoms with Crippen LogP contribution in [0.3, 0.4) is 0 Å². The number of benzene rings is 1. The fourth-order valence-corrected chi connectivity index (χ4v) is 4.25. The van der Waals surface area contributed by atoms with Gasteiger partial charge in [-0.15, -0.1) is 0 Å². The zero-order valence-corrected chi connectivity index (χ0v) is 13.5. The summed E-state index contributed by atoms with van der Waals surface area (Å²) in [5.41, 5.74) is 2.45. The third kappa shape index (κ3) is 3.53. The van der Waals surface area contributed by atoms with E-state index in [4.69, 9.17) is 4.74 Å². The first-order valence-electron chi connectivity index (χ1n) is 8.76. The van der Waals surface area contributed by atoms with Crippen molar-refractivity contribution in [1.29, 1.82) is 0 Å². The lowest BCUT2D eigenvalue weighted by Gasteiger charge is -2.40. The summed E-state index contributed by atoms with van der Waals surface area (Å²) < 4.78 is 5.80. The summed E-state index contributed by atoms with van der Waals surface area (Å²) >= 11 is 0. The van der Waals surface area contributed by atoms with E-state index in [-0.39, 0.29) is 0 Å². The fourth-order valence-electron chi connectivity index (χ4n) is 4.25. The van der Waals surface area contributed by atoms with Crippen molar-refractivity contribution < 1.29 is 4.74 Å². The summed E-state index contributed by atoms with van der Waals surface area (Å²) in [6.07, 6.45) is 9.93. The highest BCUT2D eigenvalue weighted by Crippen LogP contribution is 2.41. The maximum atomic E-state index is 5.80. The van der Waals surface area contributed by atoms with Gasteiger partial charge in [-0.25, -0.2) is 0 Å². The Morgan fingerprint density at radius 1 is 1.10 bits per heavy atom. The highest BCUT2D eigenvalue weighted by atomic mass is 16.5. The van der Waals surface area contributed by atoms with Crippen molar-refractivity contribution in [2.45, 2.75) is 64.8 Å². The van der Waals surface area contributed by atoms with Crippen LogP contribution in [0.2, 0.25) is 0 Å². The first kappa shape index (κ1) is 14.7. The topological polar surface area (TPSA) is 21.3 Å². The molecule has 116 valence electrons. The van der Waals surface area contributed by atoms with Gasteiger partial charge in [-0.2, -0.15) is 0 Å².